The van der Waals surface area contributed by atoms with E-state index in [4.69, 9.17) is 11.6 Å². The van der Waals surface area contributed by atoms with Crippen LogP contribution in [0, 0.1) is 5.82 Å². The smallest absolute Gasteiger partial charge is 0.258 e. The van der Waals surface area contributed by atoms with E-state index in [9.17, 15) is 9.18 Å². The molecule has 0 aliphatic carbocycles. The number of hydrogen-bond donors (Lipinski definition) is 1. The van der Waals surface area contributed by atoms with Crippen molar-refractivity contribution >= 4 is 23.2 Å². The first kappa shape index (κ1) is 12.5. The summed E-state index contributed by atoms with van der Waals surface area (Å²) in [6.45, 7) is 2.62. The molecule has 18 heavy (non-hydrogen) atoms. The van der Waals surface area contributed by atoms with Gasteiger partial charge in [0.1, 0.15) is 11.0 Å². The first-order valence-electron chi connectivity index (χ1n) is 5.25. The SMILES string of the molecule is CCn1cc(NC(=O)c2cc(F)cnc2Cl)cn1. The zero-order chi connectivity index (χ0) is 13.1. The van der Waals surface area contributed by atoms with Crippen molar-refractivity contribution in [1.82, 2.24) is 14.8 Å². The number of amides is 1. The maximum Gasteiger partial charge on any atom is 0.258 e. The van der Waals surface area contributed by atoms with Crippen molar-refractivity contribution in [2.75, 3.05) is 5.32 Å². The van der Waals surface area contributed by atoms with Gasteiger partial charge in [0.15, 0.2) is 0 Å². The lowest BCUT2D eigenvalue weighted by atomic mass is 10.2. The van der Waals surface area contributed by atoms with Gasteiger partial charge in [0.05, 0.1) is 23.6 Å². The highest BCUT2D eigenvalue weighted by Gasteiger charge is 2.13. The first-order chi connectivity index (χ1) is 8.60. The van der Waals surface area contributed by atoms with Gasteiger partial charge in [0.2, 0.25) is 0 Å². The fraction of sp³-hybridized carbons (Fsp3) is 0.182. The molecule has 0 bridgehead atoms. The average Bonchev–Trinajstić information content (AvgIpc) is 2.80. The van der Waals surface area contributed by atoms with Gasteiger partial charge in [0.25, 0.3) is 5.91 Å². The molecular weight excluding hydrogens is 259 g/mol. The van der Waals surface area contributed by atoms with Crippen molar-refractivity contribution < 1.29 is 9.18 Å². The zero-order valence-electron chi connectivity index (χ0n) is 9.52. The summed E-state index contributed by atoms with van der Waals surface area (Å²) < 4.78 is 14.6. The average molecular weight is 269 g/mol. The Morgan fingerprint density at radius 3 is 3.00 bits per heavy atom. The van der Waals surface area contributed by atoms with Crippen LogP contribution in [0.3, 0.4) is 0 Å². The van der Waals surface area contributed by atoms with E-state index < -0.39 is 11.7 Å². The Balaban J connectivity index is 2.19. The minimum Gasteiger partial charge on any atom is -0.319 e. The third-order valence-corrected chi connectivity index (χ3v) is 2.57. The molecule has 1 amide bonds. The fourth-order valence-electron chi connectivity index (χ4n) is 1.38. The Hall–Kier alpha value is -1.95. The highest BCUT2D eigenvalue weighted by atomic mass is 35.5. The lowest BCUT2D eigenvalue weighted by molar-refractivity contribution is 0.102. The van der Waals surface area contributed by atoms with Gasteiger partial charge in [-0.3, -0.25) is 9.48 Å². The van der Waals surface area contributed by atoms with E-state index in [2.05, 4.69) is 15.4 Å². The number of halogens is 2. The second kappa shape index (κ2) is 5.14. The molecule has 2 heterocycles. The molecule has 1 N–H and O–H groups in total. The molecule has 94 valence electrons. The number of carbonyl (C=O) groups excluding carboxylic acids is 1. The Kier molecular flexibility index (Phi) is 3.57. The summed E-state index contributed by atoms with van der Waals surface area (Å²) in [5.74, 6) is -1.14. The maximum atomic E-state index is 13.0. The van der Waals surface area contributed by atoms with Crippen LogP contribution in [0.2, 0.25) is 5.15 Å². The third-order valence-electron chi connectivity index (χ3n) is 2.27. The molecule has 0 saturated heterocycles. The minimum absolute atomic E-state index is 0.0130. The van der Waals surface area contributed by atoms with Gasteiger partial charge in [-0.15, -0.1) is 0 Å². The summed E-state index contributed by atoms with van der Waals surface area (Å²) in [4.78, 5) is 15.4. The van der Waals surface area contributed by atoms with Crippen LogP contribution >= 0.6 is 11.6 Å². The van der Waals surface area contributed by atoms with Crippen molar-refractivity contribution in [2.24, 2.45) is 0 Å². The standard InChI is InChI=1S/C11H10ClFN4O/c1-2-17-6-8(5-15-17)16-11(18)9-3-7(13)4-14-10(9)12/h3-6H,2H2,1H3,(H,16,18). The van der Waals surface area contributed by atoms with Crippen LogP contribution in [-0.2, 0) is 6.54 Å². The predicted octanol–water partition coefficient (Wildman–Crippen LogP) is 2.34. The molecular formula is C11H10ClFN4O. The number of carbonyl (C=O) groups is 1. The Morgan fingerprint density at radius 1 is 1.56 bits per heavy atom. The number of hydrogen-bond acceptors (Lipinski definition) is 3. The molecule has 0 unspecified atom stereocenters. The van der Waals surface area contributed by atoms with Gasteiger partial charge in [-0.05, 0) is 13.0 Å². The van der Waals surface area contributed by atoms with Crippen molar-refractivity contribution in [3.63, 3.8) is 0 Å². The van der Waals surface area contributed by atoms with Crippen LogP contribution in [0.4, 0.5) is 10.1 Å². The van der Waals surface area contributed by atoms with E-state index in [0.29, 0.717) is 12.2 Å². The molecule has 0 aliphatic rings. The quantitative estimate of drug-likeness (QED) is 0.869. The summed E-state index contributed by atoms with van der Waals surface area (Å²) in [6, 6.07) is 1.04. The highest BCUT2D eigenvalue weighted by molar-refractivity contribution is 6.33. The number of anilines is 1. The lowest BCUT2D eigenvalue weighted by Crippen LogP contribution is -2.13. The number of aryl methyl sites for hydroxylation is 1. The van der Waals surface area contributed by atoms with Crippen LogP contribution in [-0.4, -0.2) is 20.7 Å². The second-order valence-corrected chi connectivity index (χ2v) is 3.89. The fourth-order valence-corrected chi connectivity index (χ4v) is 1.57. The topological polar surface area (TPSA) is 59.8 Å². The molecule has 0 fully saturated rings. The van der Waals surface area contributed by atoms with Crippen LogP contribution in [0.1, 0.15) is 17.3 Å². The van der Waals surface area contributed by atoms with Gasteiger partial charge >= 0.3 is 0 Å². The second-order valence-electron chi connectivity index (χ2n) is 3.53. The van der Waals surface area contributed by atoms with E-state index in [1.165, 1.54) is 6.20 Å². The molecule has 2 rings (SSSR count). The monoisotopic (exact) mass is 268 g/mol. The lowest BCUT2D eigenvalue weighted by Gasteiger charge is -2.03. The molecule has 0 aromatic carbocycles. The highest BCUT2D eigenvalue weighted by Crippen LogP contribution is 2.16. The zero-order valence-corrected chi connectivity index (χ0v) is 10.3. The van der Waals surface area contributed by atoms with Crippen LogP contribution in [0.15, 0.2) is 24.7 Å². The largest absolute Gasteiger partial charge is 0.319 e. The van der Waals surface area contributed by atoms with Crippen molar-refractivity contribution in [1.29, 1.82) is 0 Å². The molecule has 0 spiro atoms. The summed E-state index contributed by atoms with van der Waals surface area (Å²) in [6.07, 6.45) is 4.12. The van der Waals surface area contributed by atoms with Gasteiger partial charge in [-0.25, -0.2) is 9.37 Å². The number of aromatic nitrogens is 3. The molecule has 2 aromatic rings. The summed E-state index contributed by atoms with van der Waals surface area (Å²) >= 11 is 5.73. The van der Waals surface area contributed by atoms with Gasteiger partial charge in [-0.1, -0.05) is 11.6 Å². The molecule has 7 heteroatoms. The van der Waals surface area contributed by atoms with E-state index in [0.717, 1.165) is 12.3 Å². The summed E-state index contributed by atoms with van der Waals surface area (Å²) in [7, 11) is 0. The molecule has 0 atom stereocenters. The van der Waals surface area contributed by atoms with Crippen molar-refractivity contribution in [3.05, 3.63) is 41.2 Å². The Bertz CT molecular complexity index is 584. The Labute approximate surface area is 108 Å². The van der Waals surface area contributed by atoms with Gasteiger partial charge in [0, 0.05) is 12.7 Å². The van der Waals surface area contributed by atoms with E-state index >= 15 is 0 Å². The van der Waals surface area contributed by atoms with E-state index in [1.54, 1.807) is 10.9 Å². The van der Waals surface area contributed by atoms with Crippen molar-refractivity contribution in [2.45, 2.75) is 13.5 Å². The number of rotatable bonds is 3. The maximum absolute atomic E-state index is 13.0. The van der Waals surface area contributed by atoms with Crippen molar-refractivity contribution in [3.8, 4) is 0 Å². The van der Waals surface area contributed by atoms with Gasteiger partial charge in [-0.2, -0.15) is 5.10 Å². The normalized spacial score (nSPS) is 10.4. The Morgan fingerprint density at radius 2 is 2.33 bits per heavy atom. The number of nitrogens with one attached hydrogen (secondary N) is 1. The molecule has 0 aliphatic heterocycles. The molecule has 0 radical (unpaired) electrons. The van der Waals surface area contributed by atoms with E-state index in [-0.39, 0.29) is 10.7 Å². The minimum atomic E-state index is -0.617. The third kappa shape index (κ3) is 2.65. The molecule has 5 nitrogen and oxygen atoms in total. The number of pyridine rings is 1. The summed E-state index contributed by atoms with van der Waals surface area (Å²) in [5, 5.41) is 6.52. The molecule has 0 saturated carbocycles. The summed E-state index contributed by atoms with van der Waals surface area (Å²) in [5.41, 5.74) is 0.503. The van der Waals surface area contributed by atoms with Gasteiger partial charge < -0.3 is 5.32 Å². The van der Waals surface area contributed by atoms with Crippen LogP contribution < -0.4 is 5.32 Å². The predicted molar refractivity (Wildman–Crippen MR) is 65.1 cm³/mol. The van der Waals surface area contributed by atoms with Crippen LogP contribution in [0.5, 0.6) is 0 Å². The van der Waals surface area contributed by atoms with E-state index in [1.807, 2.05) is 6.92 Å². The first-order valence-corrected chi connectivity index (χ1v) is 5.62. The van der Waals surface area contributed by atoms with Crippen LogP contribution in [0.25, 0.3) is 0 Å². The molecule has 2 aromatic heterocycles. The number of nitrogens with zero attached hydrogens (tertiary/aromatic N) is 3.